The van der Waals surface area contributed by atoms with Crippen molar-refractivity contribution >= 4 is 57.4 Å². The summed E-state index contributed by atoms with van der Waals surface area (Å²) in [6.45, 7) is 0. The summed E-state index contributed by atoms with van der Waals surface area (Å²) in [5.74, 6) is 0.837. The number of benzene rings is 5. The van der Waals surface area contributed by atoms with Gasteiger partial charge in [-0.1, -0.05) is 109 Å². The van der Waals surface area contributed by atoms with Gasteiger partial charge in [-0.05, 0) is 48.5 Å². The molecule has 0 aliphatic rings. The second-order valence-corrected chi connectivity index (χ2v) is 13.2. The molecule has 0 radical (unpaired) electrons. The van der Waals surface area contributed by atoms with Gasteiger partial charge >= 0.3 is 0 Å². The predicted octanol–water partition coefficient (Wildman–Crippen LogP) is 3.84. The Hall–Kier alpha value is -4.08. The number of imidazole rings is 1. The van der Waals surface area contributed by atoms with Crippen LogP contribution in [0.25, 0.3) is 28.1 Å². The Bertz CT molecular complexity index is 1880. The van der Waals surface area contributed by atoms with E-state index in [0.29, 0.717) is 4.64 Å². The highest BCUT2D eigenvalue weighted by Gasteiger charge is 2.51. The van der Waals surface area contributed by atoms with Gasteiger partial charge in [-0.2, -0.15) is 0 Å². The topological polar surface area (TPSA) is 33.1 Å². The van der Waals surface area contributed by atoms with Crippen molar-refractivity contribution in [2.45, 2.75) is 0 Å². The van der Waals surface area contributed by atoms with Gasteiger partial charge in [0.15, 0.2) is 22.9 Å². The SMILES string of the molecule is S=c1nc(-c2ccccc2)n2c([nH]c3ccccc32)c1[P+](c1ccccc1)(c1ccccc1)c1ccccc1.[Cl-]. The van der Waals surface area contributed by atoms with Gasteiger partial charge in [0.1, 0.15) is 21.7 Å². The van der Waals surface area contributed by atoms with Crippen molar-refractivity contribution in [1.82, 2.24) is 14.4 Å². The summed E-state index contributed by atoms with van der Waals surface area (Å²) >= 11 is 6.30. The van der Waals surface area contributed by atoms with E-state index in [1.165, 1.54) is 15.9 Å². The molecule has 0 saturated carbocycles. The first-order chi connectivity index (χ1) is 19.3. The zero-order valence-electron chi connectivity index (χ0n) is 21.5. The molecule has 5 aromatic carbocycles. The molecule has 0 bridgehead atoms. The van der Waals surface area contributed by atoms with Gasteiger partial charge in [-0.25, -0.2) is 4.98 Å². The van der Waals surface area contributed by atoms with Crippen molar-refractivity contribution in [1.29, 1.82) is 0 Å². The molecule has 0 atom stereocenters. The van der Waals surface area contributed by atoms with Crippen LogP contribution in [0, 0.1) is 4.64 Å². The molecule has 194 valence electrons. The predicted molar refractivity (Wildman–Crippen MR) is 168 cm³/mol. The summed E-state index contributed by atoms with van der Waals surface area (Å²) in [5.41, 5.74) is 4.13. The Morgan fingerprint density at radius 3 is 1.55 bits per heavy atom. The van der Waals surface area contributed by atoms with Gasteiger partial charge in [-0.15, -0.1) is 0 Å². The third-order valence-corrected chi connectivity index (χ3v) is 12.0. The minimum Gasteiger partial charge on any atom is -1.00 e. The smallest absolute Gasteiger partial charge is 0.187 e. The minimum atomic E-state index is -2.47. The van der Waals surface area contributed by atoms with Gasteiger partial charge in [0.2, 0.25) is 0 Å². The molecule has 0 aliphatic carbocycles. The molecular weight excluding hydrogens is 549 g/mol. The number of aromatic nitrogens is 3. The molecule has 0 amide bonds. The standard InChI is InChI=1S/C34H24N3PS.ClH/c39-34-31(33-35-29-23-13-14-24-30(29)37(33)32(36-34)25-15-5-1-6-16-25)38(26-17-7-2-8-18-26,27-19-9-3-10-20-27)28-21-11-4-12-22-28;/h1-24H;1H. The van der Waals surface area contributed by atoms with E-state index in [1.54, 1.807) is 0 Å². The average molecular weight is 574 g/mol. The lowest BCUT2D eigenvalue weighted by molar-refractivity contribution is -0.00000745. The van der Waals surface area contributed by atoms with E-state index >= 15 is 0 Å². The summed E-state index contributed by atoms with van der Waals surface area (Å²) in [5, 5.41) is 4.78. The molecule has 2 aromatic heterocycles. The number of nitrogens with zero attached hydrogens (tertiary/aromatic N) is 2. The third kappa shape index (κ3) is 4.08. The fourth-order valence-corrected chi connectivity index (χ4v) is 10.6. The molecule has 0 saturated heterocycles. The van der Waals surface area contributed by atoms with Crippen LogP contribution >= 0.6 is 19.5 Å². The molecule has 0 aliphatic heterocycles. The molecule has 7 rings (SSSR count). The Kier molecular flexibility index (Phi) is 7.08. The first kappa shape index (κ1) is 26.2. The molecule has 40 heavy (non-hydrogen) atoms. The maximum atomic E-state index is 6.30. The number of H-pyrrole nitrogens is 1. The Morgan fingerprint density at radius 1 is 0.575 bits per heavy atom. The summed E-state index contributed by atoms with van der Waals surface area (Å²) in [6.07, 6.45) is 0. The maximum absolute atomic E-state index is 6.30. The molecule has 7 aromatic rings. The van der Waals surface area contributed by atoms with Crippen LogP contribution in [0.3, 0.4) is 0 Å². The summed E-state index contributed by atoms with van der Waals surface area (Å²) in [6, 6.07) is 51.2. The molecule has 0 spiro atoms. The van der Waals surface area contributed by atoms with Crippen LogP contribution in [0.5, 0.6) is 0 Å². The summed E-state index contributed by atoms with van der Waals surface area (Å²) in [7, 11) is -2.47. The van der Waals surface area contributed by atoms with Crippen molar-refractivity contribution in [3.05, 3.63) is 150 Å². The Morgan fingerprint density at radius 2 is 1.02 bits per heavy atom. The summed E-state index contributed by atoms with van der Waals surface area (Å²) in [4.78, 5) is 9.02. The van der Waals surface area contributed by atoms with Crippen molar-refractivity contribution in [3.63, 3.8) is 0 Å². The number of para-hydroxylation sites is 2. The Labute approximate surface area is 244 Å². The van der Waals surface area contributed by atoms with Crippen LogP contribution in [-0.2, 0) is 0 Å². The quantitative estimate of drug-likeness (QED) is 0.251. The number of hydrogen-bond acceptors (Lipinski definition) is 2. The molecular formula is C34H25ClN3PS. The third-order valence-electron chi connectivity index (χ3n) is 7.27. The number of nitrogens with one attached hydrogen (secondary N) is 1. The van der Waals surface area contributed by atoms with E-state index in [0.717, 1.165) is 33.4 Å². The first-order valence-corrected chi connectivity index (χ1v) is 15.1. The molecule has 6 heteroatoms. The molecule has 0 unspecified atom stereocenters. The van der Waals surface area contributed by atoms with E-state index in [2.05, 4.69) is 137 Å². The van der Waals surface area contributed by atoms with E-state index in [-0.39, 0.29) is 12.4 Å². The normalized spacial score (nSPS) is 11.4. The number of rotatable bonds is 5. The van der Waals surface area contributed by atoms with Crippen molar-refractivity contribution < 1.29 is 12.4 Å². The fraction of sp³-hybridized carbons (Fsp3) is 0. The van der Waals surface area contributed by atoms with Crippen molar-refractivity contribution in [2.75, 3.05) is 0 Å². The highest BCUT2D eigenvalue weighted by atomic mass is 35.5. The van der Waals surface area contributed by atoms with Crippen LogP contribution in [0.2, 0.25) is 0 Å². The van der Waals surface area contributed by atoms with E-state index in [1.807, 2.05) is 18.2 Å². The lowest BCUT2D eigenvalue weighted by Gasteiger charge is -2.28. The fourth-order valence-electron chi connectivity index (χ4n) is 5.64. The van der Waals surface area contributed by atoms with E-state index in [9.17, 15) is 0 Å². The van der Waals surface area contributed by atoms with Gasteiger partial charge in [0.25, 0.3) is 0 Å². The van der Waals surface area contributed by atoms with Crippen LogP contribution < -0.4 is 33.6 Å². The highest BCUT2D eigenvalue weighted by Crippen LogP contribution is 2.55. The highest BCUT2D eigenvalue weighted by molar-refractivity contribution is 8.02. The van der Waals surface area contributed by atoms with Gasteiger partial charge in [0, 0.05) is 5.56 Å². The monoisotopic (exact) mass is 573 g/mol. The van der Waals surface area contributed by atoms with Crippen LogP contribution in [-0.4, -0.2) is 14.4 Å². The number of halogens is 1. The van der Waals surface area contributed by atoms with Crippen molar-refractivity contribution in [2.24, 2.45) is 0 Å². The Balaban J connectivity index is 0.00000289. The lowest BCUT2D eigenvalue weighted by Crippen LogP contribution is -3.00. The van der Waals surface area contributed by atoms with Crippen LogP contribution in [0.4, 0.5) is 0 Å². The number of fused-ring (bicyclic) bond motifs is 3. The van der Waals surface area contributed by atoms with Crippen LogP contribution in [0.1, 0.15) is 0 Å². The van der Waals surface area contributed by atoms with Crippen molar-refractivity contribution in [3.8, 4) is 11.4 Å². The molecule has 1 N–H and O–H groups in total. The molecule has 0 fully saturated rings. The molecule has 2 heterocycles. The average Bonchev–Trinajstić information content (AvgIpc) is 3.40. The number of hydrogen-bond donors (Lipinski definition) is 1. The first-order valence-electron chi connectivity index (χ1n) is 12.9. The van der Waals surface area contributed by atoms with E-state index in [4.69, 9.17) is 17.2 Å². The molecule has 3 nitrogen and oxygen atoms in total. The summed E-state index contributed by atoms with van der Waals surface area (Å²) < 4.78 is 2.88. The number of aromatic amines is 1. The van der Waals surface area contributed by atoms with Gasteiger partial charge in [-0.3, -0.25) is 4.40 Å². The maximum Gasteiger partial charge on any atom is 0.187 e. The van der Waals surface area contributed by atoms with E-state index < -0.39 is 7.26 Å². The van der Waals surface area contributed by atoms with Crippen LogP contribution in [0.15, 0.2) is 146 Å². The largest absolute Gasteiger partial charge is 1.00 e. The minimum absolute atomic E-state index is 0. The zero-order chi connectivity index (χ0) is 26.2. The second-order valence-electron chi connectivity index (χ2n) is 9.46. The van der Waals surface area contributed by atoms with Gasteiger partial charge < -0.3 is 17.4 Å². The lowest BCUT2D eigenvalue weighted by atomic mass is 10.2. The van der Waals surface area contributed by atoms with Gasteiger partial charge in [0.05, 0.1) is 11.0 Å². The zero-order valence-corrected chi connectivity index (χ0v) is 24.0. The second kappa shape index (κ2) is 10.8.